The molecule has 0 aliphatic carbocycles. The largest absolute Gasteiger partial charge is 0.381 e. The first kappa shape index (κ1) is 12.4. The number of aromatic nitrogens is 3. The van der Waals surface area contributed by atoms with Gasteiger partial charge in [-0.3, -0.25) is 9.71 Å². The van der Waals surface area contributed by atoms with Gasteiger partial charge in [0.15, 0.2) is 10.8 Å². The first-order chi connectivity index (χ1) is 8.40. The van der Waals surface area contributed by atoms with Crippen molar-refractivity contribution in [1.82, 2.24) is 14.5 Å². The fourth-order valence-corrected chi connectivity index (χ4v) is 2.85. The highest BCUT2D eigenvalue weighted by atomic mass is 32.2. The summed E-state index contributed by atoms with van der Waals surface area (Å²) in [6.07, 6.45) is 4.41. The predicted octanol–water partition coefficient (Wildman–Crippen LogP) is 0.507. The number of hydrogen-bond donors (Lipinski definition) is 2. The van der Waals surface area contributed by atoms with Crippen molar-refractivity contribution in [2.24, 2.45) is 7.05 Å². The summed E-state index contributed by atoms with van der Waals surface area (Å²) in [6.45, 7) is 1.82. The summed E-state index contributed by atoms with van der Waals surface area (Å²) in [5, 5.41) is -0.0657. The Hall–Kier alpha value is -2.09. The molecule has 0 fully saturated rings. The lowest BCUT2D eigenvalue weighted by Crippen LogP contribution is -2.17. The number of nitrogen functional groups attached to an aromatic ring is 1. The van der Waals surface area contributed by atoms with Crippen molar-refractivity contribution in [3.63, 3.8) is 0 Å². The van der Waals surface area contributed by atoms with Crippen molar-refractivity contribution in [1.29, 1.82) is 0 Å². The molecule has 2 aromatic rings. The van der Waals surface area contributed by atoms with Gasteiger partial charge in [0.1, 0.15) is 0 Å². The van der Waals surface area contributed by atoms with E-state index in [4.69, 9.17) is 5.73 Å². The third-order valence-corrected chi connectivity index (χ3v) is 3.80. The smallest absolute Gasteiger partial charge is 0.281 e. The Morgan fingerprint density at radius 3 is 2.67 bits per heavy atom. The molecule has 8 heteroatoms. The molecular formula is C10H13N5O2S. The number of aryl methyl sites for hydroxylation is 2. The van der Waals surface area contributed by atoms with Crippen molar-refractivity contribution in [2.75, 3.05) is 10.5 Å². The van der Waals surface area contributed by atoms with Gasteiger partial charge in [-0.25, -0.2) is 4.98 Å². The second-order valence-corrected chi connectivity index (χ2v) is 5.50. The number of imidazole rings is 1. The average molecular weight is 267 g/mol. The summed E-state index contributed by atoms with van der Waals surface area (Å²) in [6, 6.07) is 1.68. The zero-order valence-corrected chi connectivity index (χ0v) is 10.8. The maximum atomic E-state index is 12.1. The molecule has 7 nitrogen and oxygen atoms in total. The van der Waals surface area contributed by atoms with Gasteiger partial charge < -0.3 is 10.3 Å². The highest BCUT2D eigenvalue weighted by Crippen LogP contribution is 2.19. The van der Waals surface area contributed by atoms with E-state index in [1.807, 2.05) is 6.92 Å². The molecule has 0 unspecified atom stereocenters. The molecule has 0 bridgehead atoms. The quantitative estimate of drug-likeness (QED) is 0.843. The lowest BCUT2D eigenvalue weighted by Gasteiger charge is -2.09. The molecule has 96 valence electrons. The molecule has 2 rings (SSSR count). The van der Waals surface area contributed by atoms with E-state index in [9.17, 15) is 8.42 Å². The summed E-state index contributed by atoms with van der Waals surface area (Å²) in [5.74, 6) is -0.0365. The van der Waals surface area contributed by atoms with Crippen molar-refractivity contribution in [2.45, 2.75) is 11.9 Å². The van der Waals surface area contributed by atoms with Crippen molar-refractivity contribution in [3.05, 3.63) is 30.4 Å². The fourth-order valence-electron chi connectivity index (χ4n) is 1.58. The van der Waals surface area contributed by atoms with Crippen LogP contribution in [0.1, 0.15) is 5.56 Å². The standard InChI is InChI=1S/C10H13N5O2S/c1-7-3-8(5-12-4-7)14-18(16,17)10-9(11)13-6-15(10)2/h3-6,14H,11H2,1-2H3. The van der Waals surface area contributed by atoms with Gasteiger partial charge in [0, 0.05) is 13.2 Å². The lowest BCUT2D eigenvalue weighted by atomic mass is 10.3. The van der Waals surface area contributed by atoms with Crippen molar-refractivity contribution < 1.29 is 8.42 Å². The Morgan fingerprint density at radius 2 is 2.11 bits per heavy atom. The Bertz CT molecular complexity index is 658. The minimum atomic E-state index is -3.76. The molecule has 0 aromatic carbocycles. The Morgan fingerprint density at radius 1 is 1.39 bits per heavy atom. The minimum Gasteiger partial charge on any atom is -0.381 e. The Kier molecular flexibility index (Phi) is 2.95. The SMILES string of the molecule is Cc1cncc(NS(=O)(=O)c2c(N)ncn2C)c1. The normalized spacial score (nSPS) is 11.4. The molecule has 3 N–H and O–H groups in total. The topological polar surface area (TPSA) is 103 Å². The lowest BCUT2D eigenvalue weighted by molar-refractivity contribution is 0.592. The monoisotopic (exact) mass is 267 g/mol. The molecule has 18 heavy (non-hydrogen) atoms. The van der Waals surface area contributed by atoms with Crippen LogP contribution in [0, 0.1) is 6.92 Å². The summed E-state index contributed by atoms with van der Waals surface area (Å²) < 4.78 is 28.0. The Balaban J connectivity index is 2.39. The number of rotatable bonds is 3. The molecule has 0 saturated heterocycles. The fraction of sp³-hybridized carbons (Fsp3) is 0.200. The molecule has 0 amide bonds. The molecule has 0 aliphatic rings. The summed E-state index contributed by atoms with van der Waals surface area (Å²) in [5.41, 5.74) is 6.78. The first-order valence-corrected chi connectivity index (χ1v) is 6.60. The van der Waals surface area contributed by atoms with Gasteiger partial charge >= 0.3 is 0 Å². The number of sulfonamides is 1. The van der Waals surface area contributed by atoms with Crippen LogP contribution >= 0.6 is 0 Å². The van der Waals surface area contributed by atoms with Gasteiger partial charge in [0.05, 0.1) is 18.2 Å². The maximum Gasteiger partial charge on any atom is 0.281 e. The van der Waals surface area contributed by atoms with Gasteiger partial charge in [0.2, 0.25) is 0 Å². The van der Waals surface area contributed by atoms with Gasteiger partial charge in [-0.2, -0.15) is 8.42 Å². The van der Waals surface area contributed by atoms with Crippen LogP contribution in [0.3, 0.4) is 0 Å². The van der Waals surface area contributed by atoms with Gasteiger partial charge in [-0.05, 0) is 18.6 Å². The van der Waals surface area contributed by atoms with Crippen LogP contribution < -0.4 is 10.5 Å². The highest BCUT2D eigenvalue weighted by molar-refractivity contribution is 7.92. The van der Waals surface area contributed by atoms with Crippen LogP contribution in [-0.2, 0) is 17.1 Å². The van der Waals surface area contributed by atoms with Gasteiger partial charge in [-0.15, -0.1) is 0 Å². The molecular weight excluding hydrogens is 254 g/mol. The van der Waals surface area contributed by atoms with Crippen molar-refractivity contribution in [3.8, 4) is 0 Å². The second-order valence-electron chi connectivity index (χ2n) is 3.90. The predicted molar refractivity (Wildman–Crippen MR) is 67.4 cm³/mol. The number of nitrogens with zero attached hydrogens (tertiary/aromatic N) is 3. The average Bonchev–Trinajstić information content (AvgIpc) is 2.58. The van der Waals surface area contributed by atoms with Crippen LogP contribution in [0.25, 0.3) is 0 Å². The van der Waals surface area contributed by atoms with Crippen LogP contribution in [0.4, 0.5) is 11.5 Å². The van der Waals surface area contributed by atoms with E-state index in [0.717, 1.165) is 5.56 Å². The number of nitrogens with one attached hydrogen (secondary N) is 1. The van der Waals surface area contributed by atoms with E-state index in [1.54, 1.807) is 19.3 Å². The van der Waals surface area contributed by atoms with Crippen LogP contribution in [0.2, 0.25) is 0 Å². The van der Waals surface area contributed by atoms with Crippen LogP contribution in [-0.4, -0.2) is 23.0 Å². The zero-order valence-electron chi connectivity index (χ0n) is 9.95. The van der Waals surface area contributed by atoms with Crippen molar-refractivity contribution >= 4 is 21.5 Å². The molecule has 0 aliphatic heterocycles. The number of hydrogen-bond acceptors (Lipinski definition) is 5. The summed E-state index contributed by atoms with van der Waals surface area (Å²) in [4.78, 5) is 7.66. The molecule has 0 spiro atoms. The summed E-state index contributed by atoms with van der Waals surface area (Å²) >= 11 is 0. The Labute approximate surface area is 105 Å². The second kappa shape index (κ2) is 4.30. The molecule has 2 heterocycles. The van der Waals surface area contributed by atoms with E-state index in [0.29, 0.717) is 5.69 Å². The molecule has 0 radical (unpaired) electrons. The number of nitrogens with two attached hydrogens (primary N) is 1. The molecule has 0 atom stereocenters. The third-order valence-electron chi connectivity index (χ3n) is 2.29. The van der Waals surface area contributed by atoms with E-state index in [1.165, 1.54) is 17.1 Å². The van der Waals surface area contributed by atoms with E-state index >= 15 is 0 Å². The summed E-state index contributed by atoms with van der Waals surface area (Å²) in [7, 11) is -2.20. The van der Waals surface area contributed by atoms with Crippen LogP contribution in [0.15, 0.2) is 29.8 Å². The number of pyridine rings is 1. The molecule has 0 saturated carbocycles. The third kappa shape index (κ3) is 2.28. The highest BCUT2D eigenvalue weighted by Gasteiger charge is 2.22. The van der Waals surface area contributed by atoms with Crippen LogP contribution in [0.5, 0.6) is 0 Å². The first-order valence-electron chi connectivity index (χ1n) is 5.11. The molecule has 2 aromatic heterocycles. The number of anilines is 2. The van der Waals surface area contributed by atoms with E-state index in [2.05, 4.69) is 14.7 Å². The van der Waals surface area contributed by atoms with Gasteiger partial charge in [0.25, 0.3) is 10.0 Å². The minimum absolute atomic E-state index is 0.0365. The maximum absolute atomic E-state index is 12.1. The van der Waals surface area contributed by atoms with Gasteiger partial charge in [-0.1, -0.05) is 0 Å². The zero-order chi connectivity index (χ0) is 13.3. The van der Waals surface area contributed by atoms with E-state index < -0.39 is 10.0 Å². The van der Waals surface area contributed by atoms with E-state index in [-0.39, 0.29) is 10.8 Å².